The molecule has 114 valence electrons. The third-order valence-corrected chi connectivity index (χ3v) is 2.56. The van der Waals surface area contributed by atoms with Crippen LogP contribution in [0.15, 0.2) is 24.3 Å². The maximum absolute atomic E-state index is 11.7. The van der Waals surface area contributed by atoms with Crippen molar-refractivity contribution in [1.82, 2.24) is 5.32 Å². The highest BCUT2D eigenvalue weighted by Gasteiger charge is 2.15. The third-order valence-electron chi connectivity index (χ3n) is 2.56. The average molecular weight is 294 g/mol. The zero-order valence-corrected chi connectivity index (χ0v) is 12.0. The van der Waals surface area contributed by atoms with Crippen molar-refractivity contribution in [3.63, 3.8) is 0 Å². The maximum Gasteiger partial charge on any atom is 0.307 e. The number of carbonyl (C=O) groups is 2. The largest absolute Gasteiger partial charge is 0.463 e. The molecule has 1 amide bonds. The van der Waals surface area contributed by atoms with Crippen LogP contribution < -0.4 is 5.32 Å². The summed E-state index contributed by atoms with van der Waals surface area (Å²) in [5.74, 6) is -0.766. The van der Waals surface area contributed by atoms with Crippen molar-refractivity contribution in [1.29, 1.82) is 0 Å². The number of nitro groups is 1. The number of esters is 1. The number of benzene rings is 1. The Labute approximate surface area is 122 Å². The second-order valence-electron chi connectivity index (χ2n) is 4.70. The van der Waals surface area contributed by atoms with E-state index in [9.17, 15) is 19.7 Å². The van der Waals surface area contributed by atoms with Gasteiger partial charge in [0.15, 0.2) is 0 Å². The Morgan fingerprint density at radius 1 is 1.33 bits per heavy atom. The Kier molecular flexibility index (Phi) is 6.32. The number of nitrogens with one attached hydrogen (secondary N) is 1. The van der Waals surface area contributed by atoms with Crippen molar-refractivity contribution in [2.24, 2.45) is 0 Å². The van der Waals surface area contributed by atoms with E-state index in [1.54, 1.807) is 26.0 Å². The highest BCUT2D eigenvalue weighted by Crippen LogP contribution is 2.17. The number of nitro benzene ring substituents is 1. The maximum atomic E-state index is 11.7. The van der Waals surface area contributed by atoms with Gasteiger partial charge in [-0.25, -0.2) is 0 Å². The van der Waals surface area contributed by atoms with Gasteiger partial charge in [0, 0.05) is 18.2 Å². The molecule has 0 saturated carbocycles. The van der Waals surface area contributed by atoms with Gasteiger partial charge in [0.1, 0.15) is 0 Å². The fourth-order valence-corrected chi connectivity index (χ4v) is 1.70. The first-order chi connectivity index (χ1) is 9.90. The standard InChI is InChI=1S/C14H18N2O5/c1-10(2)21-14(18)7-8-15-13(17)9-11-5-3-4-6-12(11)16(19)20/h3-6,10H,7-9H2,1-2H3,(H,15,17). The van der Waals surface area contributed by atoms with Crippen molar-refractivity contribution in [2.75, 3.05) is 6.54 Å². The van der Waals surface area contributed by atoms with E-state index in [0.29, 0.717) is 5.56 Å². The SMILES string of the molecule is CC(C)OC(=O)CCNC(=O)Cc1ccccc1[N+](=O)[O-]. The summed E-state index contributed by atoms with van der Waals surface area (Å²) in [6, 6.07) is 6.06. The van der Waals surface area contributed by atoms with Gasteiger partial charge in [0.25, 0.3) is 5.69 Å². The van der Waals surface area contributed by atoms with Gasteiger partial charge in [-0.15, -0.1) is 0 Å². The van der Waals surface area contributed by atoms with Gasteiger partial charge in [0.05, 0.1) is 23.9 Å². The highest BCUT2D eigenvalue weighted by molar-refractivity contribution is 5.80. The summed E-state index contributed by atoms with van der Waals surface area (Å²) < 4.78 is 4.92. The molecule has 0 aliphatic rings. The quantitative estimate of drug-likeness (QED) is 0.468. The first kappa shape index (κ1) is 16.6. The molecule has 0 bridgehead atoms. The van der Waals surface area contributed by atoms with Gasteiger partial charge in [-0.3, -0.25) is 19.7 Å². The van der Waals surface area contributed by atoms with Crippen LogP contribution in [-0.4, -0.2) is 29.4 Å². The van der Waals surface area contributed by atoms with Crippen molar-refractivity contribution in [3.05, 3.63) is 39.9 Å². The molecule has 0 saturated heterocycles. The number of nitrogens with zero attached hydrogens (tertiary/aromatic N) is 1. The summed E-state index contributed by atoms with van der Waals surface area (Å²) in [6.07, 6.45) is -0.225. The van der Waals surface area contributed by atoms with Gasteiger partial charge in [-0.05, 0) is 13.8 Å². The van der Waals surface area contributed by atoms with E-state index in [-0.39, 0.29) is 37.1 Å². The van der Waals surface area contributed by atoms with E-state index in [0.717, 1.165) is 0 Å². The van der Waals surface area contributed by atoms with Crippen LogP contribution in [0.25, 0.3) is 0 Å². The summed E-state index contributed by atoms with van der Waals surface area (Å²) in [5, 5.41) is 13.4. The Bertz CT molecular complexity index is 528. The first-order valence-electron chi connectivity index (χ1n) is 6.58. The molecule has 1 N–H and O–H groups in total. The lowest BCUT2D eigenvalue weighted by molar-refractivity contribution is -0.385. The molecule has 0 radical (unpaired) electrons. The van der Waals surface area contributed by atoms with Crippen molar-refractivity contribution in [2.45, 2.75) is 32.8 Å². The van der Waals surface area contributed by atoms with Crippen LogP contribution in [0.5, 0.6) is 0 Å². The van der Waals surface area contributed by atoms with Crippen LogP contribution in [0.4, 0.5) is 5.69 Å². The van der Waals surface area contributed by atoms with Crippen molar-refractivity contribution < 1.29 is 19.2 Å². The number of amides is 1. The van der Waals surface area contributed by atoms with Gasteiger partial charge >= 0.3 is 5.97 Å². The second-order valence-corrected chi connectivity index (χ2v) is 4.70. The molecule has 0 heterocycles. The number of hydrogen-bond donors (Lipinski definition) is 1. The minimum atomic E-state index is -0.525. The minimum Gasteiger partial charge on any atom is -0.463 e. The molecule has 1 rings (SSSR count). The molecule has 0 spiro atoms. The summed E-state index contributed by atoms with van der Waals surface area (Å²) >= 11 is 0. The Morgan fingerprint density at radius 3 is 2.62 bits per heavy atom. The highest BCUT2D eigenvalue weighted by atomic mass is 16.6. The number of hydrogen-bond acceptors (Lipinski definition) is 5. The fourth-order valence-electron chi connectivity index (χ4n) is 1.70. The van der Waals surface area contributed by atoms with E-state index >= 15 is 0 Å². The van der Waals surface area contributed by atoms with Crippen LogP contribution in [0.3, 0.4) is 0 Å². The molecule has 0 atom stereocenters. The molecule has 1 aromatic rings. The van der Waals surface area contributed by atoms with Crippen LogP contribution in [0, 0.1) is 10.1 Å². The molecule has 0 aliphatic heterocycles. The molecule has 0 aromatic heterocycles. The monoisotopic (exact) mass is 294 g/mol. The summed E-state index contributed by atoms with van der Waals surface area (Å²) in [5.41, 5.74) is 0.247. The van der Waals surface area contributed by atoms with E-state index in [2.05, 4.69) is 5.32 Å². The molecule has 7 nitrogen and oxygen atoms in total. The van der Waals surface area contributed by atoms with Crippen molar-refractivity contribution in [3.8, 4) is 0 Å². The lowest BCUT2D eigenvalue weighted by Crippen LogP contribution is -2.28. The zero-order valence-electron chi connectivity index (χ0n) is 12.0. The van der Waals surface area contributed by atoms with E-state index in [4.69, 9.17) is 4.74 Å². The normalized spacial score (nSPS) is 10.2. The summed E-state index contributed by atoms with van der Waals surface area (Å²) in [7, 11) is 0. The summed E-state index contributed by atoms with van der Waals surface area (Å²) in [4.78, 5) is 33.3. The van der Waals surface area contributed by atoms with E-state index < -0.39 is 10.9 Å². The second kappa shape index (κ2) is 7.98. The predicted octanol–water partition coefficient (Wildman–Crippen LogP) is 1.60. The molecule has 0 aliphatic carbocycles. The lowest BCUT2D eigenvalue weighted by atomic mass is 10.1. The van der Waals surface area contributed by atoms with Crippen LogP contribution >= 0.6 is 0 Å². The number of ether oxygens (including phenoxy) is 1. The van der Waals surface area contributed by atoms with Gasteiger partial charge in [0.2, 0.25) is 5.91 Å². The van der Waals surface area contributed by atoms with Gasteiger partial charge in [-0.1, -0.05) is 18.2 Å². The molecule has 0 fully saturated rings. The molecule has 7 heteroatoms. The smallest absolute Gasteiger partial charge is 0.307 e. The summed E-state index contributed by atoms with van der Waals surface area (Å²) in [6.45, 7) is 3.63. The average Bonchev–Trinajstić information content (AvgIpc) is 2.38. The van der Waals surface area contributed by atoms with E-state index in [1.165, 1.54) is 12.1 Å². The molecule has 0 unspecified atom stereocenters. The lowest BCUT2D eigenvalue weighted by Gasteiger charge is -2.08. The Balaban J connectivity index is 2.44. The first-order valence-corrected chi connectivity index (χ1v) is 6.58. The van der Waals surface area contributed by atoms with Crippen LogP contribution in [0.2, 0.25) is 0 Å². The topological polar surface area (TPSA) is 98.5 Å². The fraction of sp³-hybridized carbons (Fsp3) is 0.429. The molecular weight excluding hydrogens is 276 g/mol. The minimum absolute atomic E-state index is 0.0702. The predicted molar refractivity (Wildman–Crippen MR) is 75.7 cm³/mol. The number of rotatable bonds is 7. The molecule has 21 heavy (non-hydrogen) atoms. The third kappa shape index (κ3) is 6.03. The zero-order chi connectivity index (χ0) is 15.8. The Morgan fingerprint density at radius 2 is 2.00 bits per heavy atom. The van der Waals surface area contributed by atoms with Crippen LogP contribution in [-0.2, 0) is 20.7 Å². The number of para-hydroxylation sites is 1. The van der Waals surface area contributed by atoms with E-state index in [1.807, 2.05) is 0 Å². The van der Waals surface area contributed by atoms with Crippen LogP contribution in [0.1, 0.15) is 25.8 Å². The number of carbonyl (C=O) groups excluding carboxylic acids is 2. The van der Waals surface area contributed by atoms with Crippen molar-refractivity contribution >= 4 is 17.6 Å². The molecule has 1 aromatic carbocycles. The Hall–Kier alpha value is -2.44. The van der Waals surface area contributed by atoms with Gasteiger partial charge < -0.3 is 10.1 Å². The van der Waals surface area contributed by atoms with Gasteiger partial charge in [-0.2, -0.15) is 0 Å². The molecular formula is C14H18N2O5.